The van der Waals surface area contributed by atoms with Crippen LogP contribution in [0.25, 0.3) is 0 Å². The Morgan fingerprint density at radius 2 is 2.14 bits per heavy atom. The van der Waals surface area contributed by atoms with Crippen molar-refractivity contribution in [2.24, 2.45) is 0 Å². The molecule has 1 aromatic rings. The first-order chi connectivity index (χ1) is 6.69. The average Bonchev–Trinajstić information content (AvgIpc) is 2.17. The summed E-state index contributed by atoms with van der Waals surface area (Å²) in [5.74, 6) is 1.21. The fourth-order valence-electron chi connectivity index (χ4n) is 1.45. The first kappa shape index (κ1) is 11.1. The molecule has 0 aliphatic rings. The van der Waals surface area contributed by atoms with Gasteiger partial charge in [0.05, 0.1) is 6.61 Å². The van der Waals surface area contributed by atoms with Crippen molar-refractivity contribution in [1.82, 2.24) is 0 Å². The van der Waals surface area contributed by atoms with Crippen molar-refractivity contribution in [2.75, 3.05) is 6.61 Å². The highest BCUT2D eigenvalue weighted by atomic mass is 16.5. The lowest BCUT2D eigenvalue weighted by molar-refractivity contribution is 0.339. The first-order valence-electron chi connectivity index (χ1n) is 4.93. The minimum Gasteiger partial charge on any atom is -0.494 e. The highest BCUT2D eigenvalue weighted by molar-refractivity contribution is 5.40. The fraction of sp³-hybridized carbons (Fsp3) is 0.417. The number of hydrogen-bond acceptors (Lipinski definition) is 2. The van der Waals surface area contributed by atoms with E-state index < -0.39 is 0 Å². The molecular formula is C12H17O2. The molecule has 0 saturated heterocycles. The van der Waals surface area contributed by atoms with Gasteiger partial charge in [0.25, 0.3) is 0 Å². The molecule has 0 aliphatic heterocycles. The van der Waals surface area contributed by atoms with Gasteiger partial charge in [-0.1, -0.05) is 19.9 Å². The van der Waals surface area contributed by atoms with Crippen LogP contribution < -0.4 is 4.74 Å². The average molecular weight is 193 g/mol. The summed E-state index contributed by atoms with van der Waals surface area (Å²) in [6.07, 6.45) is 0. The molecule has 1 radical (unpaired) electrons. The van der Waals surface area contributed by atoms with Gasteiger partial charge in [-0.3, -0.25) is 0 Å². The molecule has 0 bridgehead atoms. The molecule has 0 spiro atoms. The van der Waals surface area contributed by atoms with Crippen molar-refractivity contribution >= 4 is 0 Å². The van der Waals surface area contributed by atoms with E-state index in [1.807, 2.05) is 25.1 Å². The quantitative estimate of drug-likeness (QED) is 0.796. The second kappa shape index (κ2) is 5.01. The summed E-state index contributed by atoms with van der Waals surface area (Å²) in [5.41, 5.74) is 1.97. The number of aliphatic hydroxyl groups excluding tert-OH is 1. The minimum absolute atomic E-state index is 0.407. The summed E-state index contributed by atoms with van der Waals surface area (Å²) in [6, 6.07) is 5.79. The zero-order valence-corrected chi connectivity index (χ0v) is 8.95. The Bertz CT molecular complexity index is 292. The van der Waals surface area contributed by atoms with Gasteiger partial charge < -0.3 is 9.84 Å². The smallest absolute Gasteiger partial charge is 0.119 e. The molecule has 2 heteroatoms. The number of ether oxygens (including phenoxy) is 1. The molecule has 0 atom stereocenters. The SMILES string of the molecule is CCOc1ccc(C(C)C)c([CH]O)c1. The lowest BCUT2D eigenvalue weighted by atomic mass is 9.97. The van der Waals surface area contributed by atoms with E-state index in [1.54, 1.807) is 0 Å². The molecule has 77 valence electrons. The highest BCUT2D eigenvalue weighted by Gasteiger charge is 2.07. The highest BCUT2D eigenvalue weighted by Crippen LogP contribution is 2.24. The second-order valence-electron chi connectivity index (χ2n) is 3.51. The normalized spacial score (nSPS) is 10.6. The van der Waals surface area contributed by atoms with E-state index in [0.717, 1.165) is 23.5 Å². The van der Waals surface area contributed by atoms with E-state index in [1.165, 1.54) is 0 Å². The number of rotatable bonds is 4. The molecule has 2 nitrogen and oxygen atoms in total. The van der Waals surface area contributed by atoms with Crippen LogP contribution in [-0.4, -0.2) is 11.7 Å². The lowest BCUT2D eigenvalue weighted by Gasteiger charge is -2.12. The maximum absolute atomic E-state index is 9.08. The van der Waals surface area contributed by atoms with Gasteiger partial charge in [0.2, 0.25) is 0 Å². The number of hydrogen-bond donors (Lipinski definition) is 1. The van der Waals surface area contributed by atoms with Crippen molar-refractivity contribution < 1.29 is 9.84 Å². The van der Waals surface area contributed by atoms with E-state index in [-0.39, 0.29) is 0 Å². The fourth-order valence-corrected chi connectivity index (χ4v) is 1.45. The van der Waals surface area contributed by atoms with E-state index in [9.17, 15) is 0 Å². The monoisotopic (exact) mass is 193 g/mol. The van der Waals surface area contributed by atoms with Crippen LogP contribution in [-0.2, 0) is 0 Å². The molecule has 0 aliphatic carbocycles. The van der Waals surface area contributed by atoms with Crippen molar-refractivity contribution in [3.63, 3.8) is 0 Å². The maximum Gasteiger partial charge on any atom is 0.119 e. The Labute approximate surface area is 85.5 Å². The Morgan fingerprint density at radius 3 is 2.64 bits per heavy atom. The molecule has 1 rings (SSSR count). The van der Waals surface area contributed by atoms with Gasteiger partial charge in [-0.25, -0.2) is 0 Å². The topological polar surface area (TPSA) is 29.5 Å². The Balaban J connectivity index is 2.99. The van der Waals surface area contributed by atoms with Crippen LogP contribution in [0.2, 0.25) is 0 Å². The predicted molar refractivity (Wildman–Crippen MR) is 57.0 cm³/mol. The van der Waals surface area contributed by atoms with Gasteiger partial charge in [0.15, 0.2) is 0 Å². The molecule has 0 heterocycles. The third kappa shape index (κ3) is 2.48. The maximum atomic E-state index is 9.08. The molecule has 0 unspecified atom stereocenters. The Kier molecular flexibility index (Phi) is 3.96. The van der Waals surface area contributed by atoms with Crippen molar-refractivity contribution in [2.45, 2.75) is 26.7 Å². The predicted octanol–water partition coefficient (Wildman–Crippen LogP) is 3.09. The largest absolute Gasteiger partial charge is 0.494 e. The van der Waals surface area contributed by atoms with E-state index >= 15 is 0 Å². The standard InChI is InChI=1S/C12H17O2/c1-4-14-11-5-6-12(9(2)3)10(7-11)8-13/h5-9,13H,4H2,1-3H3. The van der Waals surface area contributed by atoms with Crippen molar-refractivity contribution in [1.29, 1.82) is 0 Å². The van der Waals surface area contributed by atoms with Gasteiger partial charge >= 0.3 is 0 Å². The van der Waals surface area contributed by atoms with Crippen LogP contribution in [0.3, 0.4) is 0 Å². The summed E-state index contributed by atoms with van der Waals surface area (Å²) in [6.45, 7) is 7.92. The van der Waals surface area contributed by atoms with Gasteiger partial charge in [-0.15, -0.1) is 0 Å². The second-order valence-corrected chi connectivity index (χ2v) is 3.51. The van der Waals surface area contributed by atoms with Gasteiger partial charge in [-0.05, 0) is 36.1 Å². The summed E-state index contributed by atoms with van der Waals surface area (Å²) in [5, 5.41) is 9.08. The summed E-state index contributed by atoms with van der Waals surface area (Å²) < 4.78 is 5.35. The van der Waals surface area contributed by atoms with Crippen LogP contribution >= 0.6 is 0 Å². The van der Waals surface area contributed by atoms with Crippen molar-refractivity contribution in [3.8, 4) is 5.75 Å². The molecule has 0 aromatic heterocycles. The lowest BCUT2D eigenvalue weighted by Crippen LogP contribution is -1.97. The number of benzene rings is 1. The van der Waals surface area contributed by atoms with Crippen molar-refractivity contribution in [3.05, 3.63) is 35.9 Å². The van der Waals surface area contributed by atoms with Gasteiger partial charge in [-0.2, -0.15) is 0 Å². The van der Waals surface area contributed by atoms with Gasteiger partial charge in [0.1, 0.15) is 12.4 Å². The molecule has 1 N–H and O–H groups in total. The zero-order valence-electron chi connectivity index (χ0n) is 8.95. The molecule has 0 amide bonds. The first-order valence-corrected chi connectivity index (χ1v) is 4.93. The summed E-state index contributed by atoms with van der Waals surface area (Å²) >= 11 is 0. The van der Waals surface area contributed by atoms with Crippen LogP contribution in [0.4, 0.5) is 0 Å². The summed E-state index contributed by atoms with van der Waals surface area (Å²) in [4.78, 5) is 0. The molecule has 1 aromatic carbocycles. The van der Waals surface area contributed by atoms with E-state index in [4.69, 9.17) is 9.84 Å². The van der Waals surface area contributed by atoms with Gasteiger partial charge in [0, 0.05) is 0 Å². The minimum atomic E-state index is 0.407. The van der Waals surface area contributed by atoms with E-state index in [0.29, 0.717) is 12.5 Å². The number of aliphatic hydroxyl groups is 1. The molecular weight excluding hydrogens is 176 g/mol. The van der Waals surface area contributed by atoms with E-state index in [2.05, 4.69) is 13.8 Å². The zero-order chi connectivity index (χ0) is 10.6. The van der Waals surface area contributed by atoms with Crippen LogP contribution in [0.5, 0.6) is 5.75 Å². The third-order valence-corrected chi connectivity index (χ3v) is 2.13. The van der Waals surface area contributed by atoms with Crippen LogP contribution in [0.1, 0.15) is 37.8 Å². The Hall–Kier alpha value is -1.02. The third-order valence-electron chi connectivity index (χ3n) is 2.13. The molecule has 14 heavy (non-hydrogen) atoms. The Morgan fingerprint density at radius 1 is 1.43 bits per heavy atom. The molecule has 0 fully saturated rings. The van der Waals surface area contributed by atoms with Crippen LogP contribution in [0, 0.1) is 6.61 Å². The molecule has 0 saturated carbocycles. The van der Waals surface area contributed by atoms with Crippen LogP contribution in [0.15, 0.2) is 18.2 Å². The summed E-state index contributed by atoms with van der Waals surface area (Å²) in [7, 11) is 0.